The van der Waals surface area contributed by atoms with Crippen molar-refractivity contribution in [3.05, 3.63) is 46.6 Å². The third kappa shape index (κ3) is 3.22. The third-order valence-electron chi connectivity index (χ3n) is 4.54. The number of aryl methyl sites for hydroxylation is 1. The van der Waals surface area contributed by atoms with Crippen LogP contribution in [0.15, 0.2) is 30.3 Å². The van der Waals surface area contributed by atoms with Gasteiger partial charge in [-0.25, -0.2) is 9.97 Å². The number of aromatic nitrogens is 2. The number of rotatable bonds is 3. The fourth-order valence-electron chi connectivity index (χ4n) is 3.11. The molecule has 4 rings (SSSR count). The van der Waals surface area contributed by atoms with Crippen LogP contribution in [0.25, 0.3) is 10.9 Å². The molecule has 0 saturated carbocycles. The second-order valence-corrected chi connectivity index (χ2v) is 7.53. The fraction of sp³-hybridized carbons (Fsp3) is 0.316. The Morgan fingerprint density at radius 3 is 3.00 bits per heavy atom. The summed E-state index contributed by atoms with van der Waals surface area (Å²) in [5, 5.41) is 4.51. The van der Waals surface area contributed by atoms with Crippen molar-refractivity contribution in [2.75, 3.05) is 12.4 Å². The van der Waals surface area contributed by atoms with Gasteiger partial charge in [0.25, 0.3) is 5.91 Å². The van der Waals surface area contributed by atoms with E-state index in [9.17, 15) is 4.79 Å². The summed E-state index contributed by atoms with van der Waals surface area (Å²) < 4.78 is 5.21. The van der Waals surface area contributed by atoms with Gasteiger partial charge in [-0.15, -0.1) is 11.3 Å². The zero-order valence-corrected chi connectivity index (χ0v) is 15.0. The van der Waals surface area contributed by atoms with Gasteiger partial charge in [0.05, 0.1) is 18.3 Å². The van der Waals surface area contributed by atoms with E-state index in [4.69, 9.17) is 4.74 Å². The van der Waals surface area contributed by atoms with Gasteiger partial charge in [-0.05, 0) is 49.4 Å². The van der Waals surface area contributed by atoms with Crippen molar-refractivity contribution in [3.8, 4) is 5.75 Å². The molecule has 0 fully saturated rings. The number of thiazole rings is 1. The number of amides is 1. The van der Waals surface area contributed by atoms with E-state index in [0.29, 0.717) is 16.7 Å². The molecule has 0 radical (unpaired) electrons. The Kier molecular flexibility index (Phi) is 4.13. The highest BCUT2D eigenvalue weighted by atomic mass is 32.1. The summed E-state index contributed by atoms with van der Waals surface area (Å²) in [4.78, 5) is 22.9. The van der Waals surface area contributed by atoms with E-state index >= 15 is 0 Å². The lowest BCUT2D eigenvalue weighted by atomic mass is 9.93. The molecule has 6 heteroatoms. The number of carbonyl (C=O) groups is 1. The molecule has 1 aliphatic rings. The first-order chi connectivity index (χ1) is 12.1. The Labute approximate surface area is 150 Å². The van der Waals surface area contributed by atoms with Gasteiger partial charge in [-0.3, -0.25) is 10.1 Å². The summed E-state index contributed by atoms with van der Waals surface area (Å²) in [6, 6.07) is 9.21. The molecule has 1 aliphatic carbocycles. The maximum absolute atomic E-state index is 12.5. The van der Waals surface area contributed by atoms with Crippen molar-refractivity contribution >= 4 is 33.3 Å². The molecular formula is C19H19N3O2S. The number of benzene rings is 1. The largest absolute Gasteiger partial charge is 0.497 e. The average molecular weight is 353 g/mol. The van der Waals surface area contributed by atoms with Gasteiger partial charge >= 0.3 is 0 Å². The van der Waals surface area contributed by atoms with Crippen LogP contribution in [0, 0.1) is 5.92 Å². The van der Waals surface area contributed by atoms with Crippen molar-refractivity contribution in [3.63, 3.8) is 0 Å². The fourth-order valence-corrected chi connectivity index (χ4v) is 4.28. The van der Waals surface area contributed by atoms with Crippen molar-refractivity contribution in [2.45, 2.75) is 26.2 Å². The van der Waals surface area contributed by atoms with Gasteiger partial charge in [-0.1, -0.05) is 13.0 Å². The van der Waals surface area contributed by atoms with E-state index in [2.05, 4.69) is 22.2 Å². The number of carbonyl (C=O) groups excluding carboxylic acids is 1. The van der Waals surface area contributed by atoms with Crippen molar-refractivity contribution in [2.24, 2.45) is 5.92 Å². The number of ether oxygens (including phenoxy) is 1. The van der Waals surface area contributed by atoms with E-state index < -0.39 is 0 Å². The molecule has 1 aromatic carbocycles. The predicted molar refractivity (Wildman–Crippen MR) is 99.6 cm³/mol. The first-order valence-corrected chi connectivity index (χ1v) is 9.19. The normalized spacial score (nSPS) is 16.5. The van der Waals surface area contributed by atoms with E-state index in [1.807, 2.05) is 24.3 Å². The Bertz CT molecular complexity index is 951. The predicted octanol–water partition coefficient (Wildman–Crippen LogP) is 4.08. The van der Waals surface area contributed by atoms with E-state index in [1.165, 1.54) is 11.3 Å². The molecule has 1 atom stereocenters. The lowest BCUT2D eigenvalue weighted by Crippen LogP contribution is -2.13. The summed E-state index contributed by atoms with van der Waals surface area (Å²) in [7, 11) is 1.63. The molecule has 3 aromatic rings. The number of nitrogens with one attached hydrogen (secondary N) is 1. The summed E-state index contributed by atoms with van der Waals surface area (Å²) in [6.45, 7) is 2.26. The Morgan fingerprint density at radius 2 is 2.16 bits per heavy atom. The van der Waals surface area contributed by atoms with Crippen LogP contribution in [-0.2, 0) is 12.8 Å². The van der Waals surface area contributed by atoms with Crippen LogP contribution in [-0.4, -0.2) is 23.0 Å². The van der Waals surface area contributed by atoms with Gasteiger partial charge in [0.15, 0.2) is 5.13 Å². The SMILES string of the molecule is COc1ccc2nc(C(=O)Nc3nc4c(s3)CC(C)CC4)ccc2c1. The Morgan fingerprint density at radius 1 is 1.28 bits per heavy atom. The summed E-state index contributed by atoms with van der Waals surface area (Å²) >= 11 is 1.58. The molecule has 0 saturated heterocycles. The van der Waals surface area contributed by atoms with Crippen LogP contribution in [0.4, 0.5) is 5.13 Å². The highest BCUT2D eigenvalue weighted by molar-refractivity contribution is 7.15. The van der Waals surface area contributed by atoms with E-state index in [0.717, 1.165) is 35.2 Å². The minimum absolute atomic E-state index is 0.225. The maximum Gasteiger partial charge on any atom is 0.276 e. The van der Waals surface area contributed by atoms with E-state index in [1.54, 1.807) is 24.5 Å². The first kappa shape index (κ1) is 16.0. The summed E-state index contributed by atoms with van der Waals surface area (Å²) in [6.07, 6.45) is 3.22. The number of hydrogen-bond donors (Lipinski definition) is 1. The number of fused-ring (bicyclic) bond motifs is 2. The zero-order valence-electron chi connectivity index (χ0n) is 14.2. The van der Waals surface area contributed by atoms with Crippen molar-refractivity contribution < 1.29 is 9.53 Å². The third-order valence-corrected chi connectivity index (χ3v) is 5.57. The van der Waals surface area contributed by atoms with Crippen LogP contribution >= 0.6 is 11.3 Å². The number of hydrogen-bond acceptors (Lipinski definition) is 5. The van der Waals surface area contributed by atoms with Crippen molar-refractivity contribution in [1.29, 1.82) is 0 Å². The lowest BCUT2D eigenvalue weighted by Gasteiger charge is -2.15. The number of pyridine rings is 1. The van der Waals surface area contributed by atoms with Crippen LogP contribution in [0.3, 0.4) is 0 Å². The molecule has 128 valence electrons. The molecule has 25 heavy (non-hydrogen) atoms. The molecule has 1 N–H and O–H groups in total. The molecular weight excluding hydrogens is 334 g/mol. The maximum atomic E-state index is 12.5. The molecule has 0 spiro atoms. The molecule has 5 nitrogen and oxygen atoms in total. The minimum atomic E-state index is -0.225. The molecule has 0 bridgehead atoms. The lowest BCUT2D eigenvalue weighted by molar-refractivity contribution is 0.102. The van der Waals surface area contributed by atoms with Crippen molar-refractivity contribution in [1.82, 2.24) is 9.97 Å². The highest BCUT2D eigenvalue weighted by Crippen LogP contribution is 2.32. The topological polar surface area (TPSA) is 64.1 Å². The molecule has 1 amide bonds. The van der Waals surface area contributed by atoms with Gasteiger partial charge < -0.3 is 4.74 Å². The van der Waals surface area contributed by atoms with Gasteiger partial charge in [0.1, 0.15) is 11.4 Å². The second-order valence-electron chi connectivity index (χ2n) is 6.45. The number of methoxy groups -OCH3 is 1. The average Bonchev–Trinajstić information content (AvgIpc) is 3.01. The monoisotopic (exact) mass is 353 g/mol. The second kappa shape index (κ2) is 6.44. The molecule has 0 aliphatic heterocycles. The van der Waals surface area contributed by atoms with Crippen LogP contribution in [0.1, 0.15) is 34.4 Å². The molecule has 2 aromatic heterocycles. The van der Waals surface area contributed by atoms with Gasteiger partial charge in [0.2, 0.25) is 0 Å². The van der Waals surface area contributed by atoms with Crippen LogP contribution < -0.4 is 10.1 Å². The Hall–Kier alpha value is -2.47. The quantitative estimate of drug-likeness (QED) is 0.771. The Balaban J connectivity index is 1.56. The first-order valence-electron chi connectivity index (χ1n) is 8.37. The summed E-state index contributed by atoms with van der Waals surface area (Å²) in [5.74, 6) is 1.24. The van der Waals surface area contributed by atoms with Crippen LogP contribution in [0.5, 0.6) is 5.75 Å². The molecule has 1 unspecified atom stereocenters. The highest BCUT2D eigenvalue weighted by Gasteiger charge is 2.21. The van der Waals surface area contributed by atoms with Gasteiger partial charge in [-0.2, -0.15) is 0 Å². The standard InChI is InChI=1S/C19H19N3O2S/c1-11-3-6-15-17(9-11)25-19(21-15)22-18(23)16-7-4-12-10-13(24-2)5-8-14(12)20-16/h4-5,7-8,10-11H,3,6,9H2,1-2H3,(H,21,22,23). The summed E-state index contributed by atoms with van der Waals surface area (Å²) in [5.41, 5.74) is 2.29. The zero-order chi connectivity index (χ0) is 17.4. The smallest absolute Gasteiger partial charge is 0.276 e. The minimum Gasteiger partial charge on any atom is -0.497 e. The molecule has 2 heterocycles. The van der Waals surface area contributed by atoms with E-state index in [-0.39, 0.29) is 5.91 Å². The number of anilines is 1. The van der Waals surface area contributed by atoms with Crippen LogP contribution in [0.2, 0.25) is 0 Å². The number of nitrogens with zero attached hydrogens (tertiary/aromatic N) is 2. The van der Waals surface area contributed by atoms with Gasteiger partial charge in [0, 0.05) is 10.3 Å².